The Kier molecular flexibility index (Phi) is 5.06. The first-order chi connectivity index (χ1) is 13.1. The Hall–Kier alpha value is -2.67. The monoisotopic (exact) mass is 386 g/mol. The predicted octanol–water partition coefficient (Wildman–Crippen LogP) is 4.28. The average Bonchev–Trinajstić information content (AvgIpc) is 2.97. The molecule has 3 atom stereocenters. The number of fused-ring (bicyclic) bond motifs is 1. The molecule has 0 fully saturated rings. The summed E-state index contributed by atoms with van der Waals surface area (Å²) in [4.78, 5) is 26.0. The topological polar surface area (TPSA) is 83.6 Å². The van der Waals surface area contributed by atoms with E-state index in [4.69, 9.17) is 4.52 Å². The third-order valence-electron chi connectivity index (χ3n) is 6.27. The van der Waals surface area contributed by atoms with E-state index in [0.717, 1.165) is 28.1 Å². The summed E-state index contributed by atoms with van der Waals surface area (Å²) in [6.07, 6.45) is -0.374. The number of carbonyl (C=O) groups is 2. The molecular weight excluding hydrogens is 358 g/mol. The van der Waals surface area contributed by atoms with Crippen LogP contribution in [-0.4, -0.2) is 46.8 Å². The predicted molar refractivity (Wildman–Crippen MR) is 107 cm³/mol. The summed E-state index contributed by atoms with van der Waals surface area (Å²) in [6, 6.07) is 5.59. The fourth-order valence-corrected chi connectivity index (χ4v) is 4.46. The lowest BCUT2D eigenvalue weighted by atomic mass is 9.86. The molecule has 0 aliphatic carbocycles. The van der Waals surface area contributed by atoms with Gasteiger partial charge in [-0.3, -0.25) is 0 Å². The maximum absolute atomic E-state index is 12.6. The van der Waals surface area contributed by atoms with Crippen LogP contribution < -0.4 is 4.48 Å². The highest BCUT2D eigenvalue weighted by Crippen LogP contribution is 2.46. The number of amides is 2. The number of hydrogen-bond donors (Lipinski definition) is 1. The summed E-state index contributed by atoms with van der Waals surface area (Å²) in [5.41, 5.74) is 4.35. The van der Waals surface area contributed by atoms with Crippen LogP contribution in [0.2, 0.25) is 0 Å². The van der Waals surface area contributed by atoms with Crippen LogP contribution in [0.4, 0.5) is 10.5 Å². The highest BCUT2D eigenvalue weighted by Gasteiger charge is 2.47. The number of nitrogens with zero attached hydrogens (tertiary/aromatic N) is 3. The zero-order chi connectivity index (χ0) is 20.8. The third kappa shape index (κ3) is 2.90. The average molecular weight is 386 g/mol. The van der Waals surface area contributed by atoms with E-state index in [9.17, 15) is 14.7 Å². The molecule has 2 aromatic rings. The summed E-state index contributed by atoms with van der Waals surface area (Å²) in [5.74, 6) is 0.753. The van der Waals surface area contributed by atoms with Gasteiger partial charge in [0.05, 0.1) is 31.7 Å². The van der Waals surface area contributed by atoms with Gasteiger partial charge in [0, 0.05) is 30.2 Å². The Bertz CT molecular complexity index is 916. The van der Waals surface area contributed by atoms with Gasteiger partial charge in [0.25, 0.3) is 0 Å². The fourth-order valence-electron chi connectivity index (χ4n) is 4.46. The van der Waals surface area contributed by atoms with E-state index in [0.29, 0.717) is 18.7 Å². The van der Waals surface area contributed by atoms with E-state index in [1.165, 1.54) is 4.90 Å². The minimum absolute atomic E-state index is 0.0340. The van der Waals surface area contributed by atoms with Gasteiger partial charge in [-0.15, -0.1) is 0 Å². The second-order valence-corrected chi connectivity index (χ2v) is 7.74. The van der Waals surface area contributed by atoms with Gasteiger partial charge in [-0.05, 0) is 45.4 Å². The summed E-state index contributed by atoms with van der Waals surface area (Å²) in [7, 11) is 1.91. The van der Waals surface area contributed by atoms with E-state index in [2.05, 4.69) is 5.16 Å². The SMILES string of the molecule is CCN(C(=O)O)C1C[C@H](C)[N@+](C)(C(C)=O)c2ccc(-c3c(C)noc3C)cc21. The van der Waals surface area contributed by atoms with E-state index in [-0.39, 0.29) is 22.5 Å². The van der Waals surface area contributed by atoms with Crippen molar-refractivity contribution in [2.45, 2.75) is 53.1 Å². The van der Waals surface area contributed by atoms with E-state index >= 15 is 0 Å². The minimum Gasteiger partial charge on any atom is -0.465 e. The lowest BCUT2D eigenvalue weighted by molar-refractivity contribution is -0.129. The molecule has 28 heavy (non-hydrogen) atoms. The van der Waals surface area contributed by atoms with Crippen molar-refractivity contribution in [3.63, 3.8) is 0 Å². The molecule has 1 aliphatic heterocycles. The molecule has 150 valence electrons. The number of quaternary nitrogens is 1. The molecule has 1 aromatic carbocycles. The van der Waals surface area contributed by atoms with Crippen LogP contribution in [0.1, 0.15) is 50.3 Å². The van der Waals surface area contributed by atoms with Crippen LogP contribution in [0.5, 0.6) is 0 Å². The first-order valence-electron chi connectivity index (χ1n) is 9.57. The molecule has 2 heterocycles. The fraction of sp³-hybridized carbons (Fsp3) is 0.476. The maximum atomic E-state index is 12.6. The van der Waals surface area contributed by atoms with Crippen LogP contribution >= 0.6 is 0 Å². The largest absolute Gasteiger partial charge is 0.465 e. The van der Waals surface area contributed by atoms with Crippen molar-refractivity contribution < 1.29 is 19.2 Å². The summed E-state index contributed by atoms with van der Waals surface area (Å²) in [6.45, 7) is 9.57. The van der Waals surface area contributed by atoms with Crippen LogP contribution in [-0.2, 0) is 4.79 Å². The van der Waals surface area contributed by atoms with Crippen molar-refractivity contribution in [1.29, 1.82) is 0 Å². The van der Waals surface area contributed by atoms with Gasteiger partial charge < -0.3 is 14.5 Å². The van der Waals surface area contributed by atoms with Gasteiger partial charge in [0.1, 0.15) is 11.4 Å². The maximum Gasteiger partial charge on any atom is 0.407 e. The summed E-state index contributed by atoms with van der Waals surface area (Å²) >= 11 is 0. The number of benzene rings is 1. The van der Waals surface area contributed by atoms with Crippen molar-refractivity contribution in [2.24, 2.45) is 0 Å². The number of rotatable bonds is 3. The van der Waals surface area contributed by atoms with Gasteiger partial charge in [-0.2, -0.15) is 0 Å². The lowest BCUT2D eigenvalue weighted by Gasteiger charge is -2.45. The van der Waals surface area contributed by atoms with Gasteiger partial charge in [-0.1, -0.05) is 5.16 Å². The Morgan fingerprint density at radius 1 is 1.36 bits per heavy atom. The number of aromatic nitrogens is 1. The molecule has 0 radical (unpaired) electrons. The zero-order valence-corrected chi connectivity index (χ0v) is 17.3. The molecule has 0 spiro atoms. The molecule has 3 rings (SSSR count). The molecule has 0 bridgehead atoms. The standard InChI is InChI=1S/C21H27N3O4/c1-7-23(21(26)27)18-10-12(2)24(6,15(5)25)19-9-8-16(11-17(18)19)20-13(3)22-28-14(20)4/h8-9,11-12,18H,7,10H2,1-6H3/p+1/t12-,18?,24+/m0/s1. The quantitative estimate of drug-likeness (QED) is 0.796. The van der Waals surface area contributed by atoms with Crippen molar-refractivity contribution in [3.05, 3.63) is 35.2 Å². The molecule has 0 saturated heterocycles. The highest BCUT2D eigenvalue weighted by molar-refractivity contribution is 5.89. The van der Waals surface area contributed by atoms with Crippen molar-refractivity contribution in [1.82, 2.24) is 14.5 Å². The minimum atomic E-state index is -0.952. The first kappa shape index (κ1) is 20.1. The zero-order valence-electron chi connectivity index (χ0n) is 17.3. The van der Waals surface area contributed by atoms with Crippen molar-refractivity contribution in [2.75, 3.05) is 13.6 Å². The lowest BCUT2D eigenvalue weighted by Crippen LogP contribution is -2.60. The number of carboxylic acid groups (broad SMARTS) is 1. The summed E-state index contributed by atoms with van der Waals surface area (Å²) < 4.78 is 5.47. The molecule has 0 saturated carbocycles. The van der Waals surface area contributed by atoms with Crippen LogP contribution in [0.3, 0.4) is 0 Å². The first-order valence-corrected chi connectivity index (χ1v) is 9.57. The van der Waals surface area contributed by atoms with Crippen molar-refractivity contribution >= 4 is 17.7 Å². The summed E-state index contributed by atoms with van der Waals surface area (Å²) in [5, 5.41) is 13.8. The Labute approximate surface area is 165 Å². The molecular formula is C21H28N3O4+. The Balaban J connectivity index is 2.26. The van der Waals surface area contributed by atoms with Gasteiger partial charge in [0.2, 0.25) is 0 Å². The second-order valence-electron chi connectivity index (χ2n) is 7.74. The van der Waals surface area contributed by atoms with E-state index < -0.39 is 6.09 Å². The smallest absolute Gasteiger partial charge is 0.407 e. The van der Waals surface area contributed by atoms with Gasteiger partial charge in [-0.25, -0.2) is 14.1 Å². The van der Waals surface area contributed by atoms with Crippen molar-refractivity contribution in [3.8, 4) is 11.1 Å². The van der Waals surface area contributed by atoms with E-state index in [1.54, 1.807) is 6.92 Å². The molecule has 7 nitrogen and oxygen atoms in total. The second kappa shape index (κ2) is 7.05. The van der Waals surface area contributed by atoms with Gasteiger partial charge >= 0.3 is 12.0 Å². The van der Waals surface area contributed by atoms with E-state index in [1.807, 2.05) is 52.9 Å². The Morgan fingerprint density at radius 3 is 2.54 bits per heavy atom. The number of aryl methyl sites for hydroxylation is 2. The molecule has 7 heteroatoms. The highest BCUT2D eigenvalue weighted by atomic mass is 16.5. The number of hydrogen-bond acceptors (Lipinski definition) is 4. The molecule has 1 unspecified atom stereocenters. The van der Waals surface area contributed by atoms with Crippen LogP contribution in [0.15, 0.2) is 22.7 Å². The molecule has 2 amide bonds. The molecule has 1 aromatic heterocycles. The van der Waals surface area contributed by atoms with Crippen LogP contribution in [0, 0.1) is 13.8 Å². The number of carbonyl (C=O) groups excluding carboxylic acids is 1. The van der Waals surface area contributed by atoms with Crippen LogP contribution in [0.25, 0.3) is 11.1 Å². The molecule has 1 aliphatic rings. The Morgan fingerprint density at radius 2 is 2.04 bits per heavy atom. The molecule has 1 N–H and O–H groups in total. The normalized spacial score (nSPS) is 23.9. The van der Waals surface area contributed by atoms with Gasteiger partial charge in [0.15, 0.2) is 0 Å². The third-order valence-corrected chi connectivity index (χ3v) is 6.27.